The Balaban J connectivity index is 2.29. The molecule has 2 N–H and O–H groups in total. The zero-order valence-electron chi connectivity index (χ0n) is 10.6. The molecule has 0 heterocycles. The zero-order chi connectivity index (χ0) is 14.0. The number of hydrogen-bond donors (Lipinski definition) is 2. The summed E-state index contributed by atoms with van der Waals surface area (Å²) in [5.41, 5.74) is 2.88. The zero-order valence-corrected chi connectivity index (χ0v) is 11.5. The van der Waals surface area contributed by atoms with Gasteiger partial charge in [0.15, 0.2) is 0 Å². The lowest BCUT2D eigenvalue weighted by atomic mass is 10.0. The molecule has 0 spiro atoms. The van der Waals surface area contributed by atoms with Gasteiger partial charge in [0, 0.05) is 12.3 Å². The molecule has 0 saturated heterocycles. The van der Waals surface area contributed by atoms with E-state index < -0.39 is 11.7 Å². The van der Waals surface area contributed by atoms with Crippen molar-refractivity contribution in [1.29, 1.82) is 0 Å². The molecule has 1 saturated carbocycles. The summed E-state index contributed by atoms with van der Waals surface area (Å²) in [7, 11) is 1.48. The fourth-order valence-corrected chi connectivity index (χ4v) is 2.00. The second-order valence-corrected chi connectivity index (χ2v) is 4.96. The summed E-state index contributed by atoms with van der Waals surface area (Å²) in [6.07, 6.45) is 3.60. The SMILES string of the molecule is COc1cc(F)c(C(=O)NN(O)SC)cc1C1CC1. The van der Waals surface area contributed by atoms with Crippen molar-refractivity contribution in [2.24, 2.45) is 0 Å². The Morgan fingerprint density at radius 3 is 2.79 bits per heavy atom. The van der Waals surface area contributed by atoms with Crippen LogP contribution in [0.15, 0.2) is 12.1 Å². The number of hydrogen-bond acceptors (Lipinski definition) is 5. The minimum absolute atomic E-state index is 0.101. The van der Waals surface area contributed by atoms with Gasteiger partial charge in [0.1, 0.15) is 11.6 Å². The summed E-state index contributed by atoms with van der Waals surface area (Å²) in [5, 5.41) is 9.19. The minimum Gasteiger partial charge on any atom is -0.496 e. The lowest BCUT2D eigenvalue weighted by molar-refractivity contribution is -0.0242. The quantitative estimate of drug-likeness (QED) is 0.642. The molecule has 1 fully saturated rings. The van der Waals surface area contributed by atoms with Crippen LogP contribution in [-0.4, -0.2) is 29.1 Å². The van der Waals surface area contributed by atoms with E-state index in [1.54, 1.807) is 6.26 Å². The Morgan fingerprint density at radius 2 is 2.26 bits per heavy atom. The first-order chi connectivity index (χ1) is 9.06. The van der Waals surface area contributed by atoms with E-state index in [0.717, 1.165) is 30.4 Å². The van der Waals surface area contributed by atoms with E-state index in [2.05, 4.69) is 5.43 Å². The van der Waals surface area contributed by atoms with Crippen molar-refractivity contribution in [3.05, 3.63) is 29.1 Å². The maximum Gasteiger partial charge on any atom is 0.271 e. The largest absolute Gasteiger partial charge is 0.496 e. The number of carbonyl (C=O) groups is 1. The number of methoxy groups -OCH3 is 1. The van der Waals surface area contributed by atoms with E-state index >= 15 is 0 Å². The number of halogens is 1. The predicted molar refractivity (Wildman–Crippen MR) is 69.5 cm³/mol. The van der Waals surface area contributed by atoms with Crippen LogP contribution in [-0.2, 0) is 0 Å². The first-order valence-electron chi connectivity index (χ1n) is 5.78. The van der Waals surface area contributed by atoms with Crippen LogP contribution in [0.4, 0.5) is 4.39 Å². The minimum atomic E-state index is -0.695. The number of nitrogens with zero attached hydrogens (tertiary/aromatic N) is 1. The molecule has 1 aliphatic carbocycles. The van der Waals surface area contributed by atoms with E-state index in [4.69, 9.17) is 4.74 Å². The highest BCUT2D eigenvalue weighted by atomic mass is 32.2. The Bertz CT molecular complexity index is 494. The van der Waals surface area contributed by atoms with E-state index in [1.165, 1.54) is 19.2 Å². The van der Waals surface area contributed by atoms with Gasteiger partial charge in [-0.25, -0.2) is 4.39 Å². The normalized spacial score (nSPS) is 14.6. The van der Waals surface area contributed by atoms with Crippen LogP contribution in [0.25, 0.3) is 0 Å². The van der Waals surface area contributed by atoms with Crippen LogP contribution in [0.3, 0.4) is 0 Å². The van der Waals surface area contributed by atoms with Crippen molar-refractivity contribution in [3.8, 4) is 5.75 Å². The van der Waals surface area contributed by atoms with Gasteiger partial charge in [-0.2, -0.15) is 0 Å². The van der Waals surface area contributed by atoms with Crippen LogP contribution in [0.5, 0.6) is 5.75 Å². The molecule has 5 nitrogen and oxygen atoms in total. The Kier molecular flexibility index (Phi) is 4.28. The average molecular weight is 286 g/mol. The van der Waals surface area contributed by atoms with Gasteiger partial charge in [0.25, 0.3) is 5.91 Å². The van der Waals surface area contributed by atoms with Gasteiger partial charge in [0.2, 0.25) is 0 Å². The molecule has 0 radical (unpaired) electrons. The molecule has 1 aliphatic rings. The highest BCUT2D eigenvalue weighted by Gasteiger charge is 2.29. The van der Waals surface area contributed by atoms with Crippen molar-refractivity contribution in [2.75, 3.05) is 13.4 Å². The van der Waals surface area contributed by atoms with Gasteiger partial charge >= 0.3 is 0 Å². The van der Waals surface area contributed by atoms with E-state index in [9.17, 15) is 14.4 Å². The summed E-state index contributed by atoms with van der Waals surface area (Å²) in [4.78, 5) is 11.8. The lowest BCUT2D eigenvalue weighted by Gasteiger charge is -2.14. The Morgan fingerprint density at radius 1 is 1.58 bits per heavy atom. The van der Waals surface area contributed by atoms with Crippen LogP contribution < -0.4 is 10.2 Å². The Labute approximate surface area is 114 Å². The second kappa shape index (κ2) is 5.77. The summed E-state index contributed by atoms with van der Waals surface area (Å²) >= 11 is 0.894. The van der Waals surface area contributed by atoms with E-state index in [-0.39, 0.29) is 5.56 Å². The third-order valence-electron chi connectivity index (χ3n) is 2.95. The van der Waals surface area contributed by atoms with Crippen molar-refractivity contribution in [3.63, 3.8) is 0 Å². The van der Waals surface area contributed by atoms with Crippen molar-refractivity contribution in [2.45, 2.75) is 18.8 Å². The summed E-state index contributed by atoms with van der Waals surface area (Å²) in [6, 6.07) is 2.71. The number of nitrogens with one attached hydrogen (secondary N) is 1. The topological polar surface area (TPSA) is 61.8 Å². The van der Waals surface area contributed by atoms with E-state index in [1.807, 2.05) is 0 Å². The molecular formula is C12H15FN2O3S. The molecule has 104 valence electrons. The monoisotopic (exact) mass is 286 g/mol. The third kappa shape index (κ3) is 3.17. The number of hydrazine groups is 1. The first-order valence-corrected chi connectivity index (χ1v) is 6.96. The number of rotatable bonds is 5. The molecular weight excluding hydrogens is 271 g/mol. The summed E-state index contributed by atoms with van der Waals surface area (Å²) in [6.45, 7) is 0. The number of amides is 1. The van der Waals surface area contributed by atoms with Gasteiger partial charge in [-0.15, -0.1) is 0 Å². The van der Waals surface area contributed by atoms with Crippen LogP contribution in [0, 0.1) is 5.82 Å². The first kappa shape index (κ1) is 14.1. The van der Waals surface area contributed by atoms with E-state index in [0.29, 0.717) is 16.2 Å². The predicted octanol–water partition coefficient (Wildman–Crippen LogP) is 2.33. The lowest BCUT2D eigenvalue weighted by Crippen LogP contribution is -2.35. The second-order valence-electron chi connectivity index (χ2n) is 4.24. The molecule has 19 heavy (non-hydrogen) atoms. The third-order valence-corrected chi connectivity index (χ3v) is 3.39. The summed E-state index contributed by atoms with van der Waals surface area (Å²) in [5.74, 6) is -0.581. The van der Waals surface area contributed by atoms with Crippen LogP contribution >= 0.6 is 11.9 Å². The molecule has 1 aromatic carbocycles. The van der Waals surface area contributed by atoms with Crippen molar-refractivity contribution < 1.29 is 19.1 Å². The number of benzene rings is 1. The maximum atomic E-state index is 13.9. The van der Waals surface area contributed by atoms with Gasteiger partial charge in [0.05, 0.1) is 12.7 Å². The van der Waals surface area contributed by atoms with Gasteiger partial charge < -0.3 is 4.74 Å². The van der Waals surface area contributed by atoms with Crippen LogP contribution in [0.1, 0.15) is 34.7 Å². The molecule has 0 aromatic heterocycles. The molecule has 7 heteroatoms. The van der Waals surface area contributed by atoms with Gasteiger partial charge in [-0.3, -0.25) is 15.4 Å². The smallest absolute Gasteiger partial charge is 0.271 e. The summed E-state index contributed by atoms with van der Waals surface area (Å²) < 4.78 is 19.5. The molecule has 0 aliphatic heterocycles. The number of carbonyl (C=O) groups excluding carboxylic acids is 1. The highest BCUT2D eigenvalue weighted by Crippen LogP contribution is 2.45. The van der Waals surface area contributed by atoms with Crippen molar-refractivity contribution >= 4 is 17.9 Å². The maximum absolute atomic E-state index is 13.9. The molecule has 2 rings (SSSR count). The standard InChI is InChI=1S/C12H15FN2O3S/c1-18-11-6-10(13)9(5-8(11)7-3-4-7)12(16)14-15(17)19-2/h5-7,17H,3-4H2,1-2H3,(H,14,16). The van der Waals surface area contributed by atoms with Crippen molar-refractivity contribution in [1.82, 2.24) is 10.0 Å². The van der Waals surface area contributed by atoms with Crippen LogP contribution in [0.2, 0.25) is 0 Å². The van der Waals surface area contributed by atoms with Gasteiger partial charge in [-0.05, 0) is 46.9 Å². The number of ether oxygens (including phenoxy) is 1. The molecule has 1 aromatic rings. The molecule has 1 amide bonds. The molecule has 0 bridgehead atoms. The Hall–Kier alpha value is -1.31. The van der Waals surface area contributed by atoms with Gasteiger partial charge in [-0.1, -0.05) is 0 Å². The fraction of sp³-hybridized carbons (Fsp3) is 0.417. The molecule has 0 unspecified atom stereocenters. The fourth-order valence-electron chi connectivity index (χ4n) is 1.83. The highest BCUT2D eigenvalue weighted by molar-refractivity contribution is 7.96. The average Bonchev–Trinajstić information content (AvgIpc) is 3.22. The molecule has 0 atom stereocenters.